The van der Waals surface area contributed by atoms with Crippen LogP contribution >= 0.6 is 11.3 Å². The Morgan fingerprint density at radius 2 is 1.92 bits per heavy atom. The van der Waals surface area contributed by atoms with E-state index in [9.17, 15) is 0 Å². The summed E-state index contributed by atoms with van der Waals surface area (Å²) in [6, 6.07) is 17.7. The van der Waals surface area contributed by atoms with Gasteiger partial charge in [0.2, 0.25) is 0 Å². The Bertz CT molecular complexity index is 781. The van der Waals surface area contributed by atoms with Crippen molar-refractivity contribution in [2.45, 2.75) is 38.3 Å². The molecule has 1 atom stereocenters. The summed E-state index contributed by atoms with van der Waals surface area (Å²) in [4.78, 5) is 5.80. The highest BCUT2D eigenvalue weighted by Gasteiger charge is 2.17. The van der Waals surface area contributed by atoms with Gasteiger partial charge in [0, 0.05) is 17.6 Å². The van der Waals surface area contributed by atoms with Crippen LogP contribution in [0.1, 0.15) is 46.1 Å². The largest absolute Gasteiger partial charge is 0.300 e. The molecule has 3 aromatic rings. The zero-order valence-corrected chi connectivity index (χ0v) is 14.6. The number of aryl methyl sites for hydroxylation is 2. The second kappa shape index (κ2) is 7.29. The fourth-order valence-corrected chi connectivity index (χ4v) is 4.31. The average Bonchev–Trinajstić information content (AvgIpc) is 3.17. The van der Waals surface area contributed by atoms with Crippen molar-refractivity contribution in [3.63, 3.8) is 0 Å². The van der Waals surface area contributed by atoms with Gasteiger partial charge in [0.25, 0.3) is 0 Å². The van der Waals surface area contributed by atoms with E-state index >= 15 is 0 Å². The lowest BCUT2D eigenvalue weighted by molar-refractivity contribution is 0.601. The van der Waals surface area contributed by atoms with E-state index in [0.717, 1.165) is 12.2 Å². The SMILES string of the molecule is c1ccc(CN[C@@H](c2ccc3c(c2)CCCC3)c2cccs2)nc1. The van der Waals surface area contributed by atoms with Crippen molar-refractivity contribution in [3.8, 4) is 0 Å². The lowest BCUT2D eigenvalue weighted by Gasteiger charge is -2.22. The molecule has 1 aromatic carbocycles. The molecule has 0 fully saturated rings. The standard InChI is InChI=1S/C21H22N2S/c1-2-7-17-14-18(11-10-16(17)6-1)21(20-9-5-13-24-20)23-15-19-8-3-4-12-22-19/h3-5,8-14,21,23H,1-2,6-7,15H2/t21-/m0/s1. The van der Waals surface area contributed by atoms with Gasteiger partial charge in [0.1, 0.15) is 0 Å². The van der Waals surface area contributed by atoms with E-state index in [4.69, 9.17) is 0 Å². The van der Waals surface area contributed by atoms with Gasteiger partial charge in [-0.25, -0.2) is 0 Å². The van der Waals surface area contributed by atoms with Crippen LogP contribution in [-0.2, 0) is 19.4 Å². The molecule has 1 aliphatic carbocycles. The van der Waals surface area contributed by atoms with Gasteiger partial charge in [-0.1, -0.05) is 30.3 Å². The number of thiophene rings is 1. The number of fused-ring (bicyclic) bond motifs is 1. The van der Waals surface area contributed by atoms with Gasteiger partial charge in [0.05, 0.1) is 11.7 Å². The molecule has 2 nitrogen and oxygen atoms in total. The van der Waals surface area contributed by atoms with Gasteiger partial charge in [-0.05, 0) is 66.0 Å². The number of rotatable bonds is 5. The summed E-state index contributed by atoms with van der Waals surface area (Å²) >= 11 is 1.82. The third-order valence-electron chi connectivity index (χ3n) is 4.75. The molecule has 2 heterocycles. The van der Waals surface area contributed by atoms with Crippen molar-refractivity contribution in [2.75, 3.05) is 0 Å². The maximum atomic E-state index is 4.44. The van der Waals surface area contributed by atoms with Crippen LogP contribution in [0, 0.1) is 0 Å². The van der Waals surface area contributed by atoms with E-state index in [1.165, 1.54) is 36.1 Å². The molecule has 24 heavy (non-hydrogen) atoms. The smallest absolute Gasteiger partial charge is 0.0674 e. The summed E-state index contributed by atoms with van der Waals surface area (Å²) in [5.41, 5.74) is 5.53. The predicted molar refractivity (Wildman–Crippen MR) is 100 cm³/mol. The van der Waals surface area contributed by atoms with Crippen LogP contribution in [0.4, 0.5) is 0 Å². The van der Waals surface area contributed by atoms with Crippen LogP contribution in [0.15, 0.2) is 60.1 Å². The van der Waals surface area contributed by atoms with Crippen molar-refractivity contribution in [3.05, 3.63) is 87.4 Å². The van der Waals surface area contributed by atoms with Gasteiger partial charge in [-0.2, -0.15) is 0 Å². The van der Waals surface area contributed by atoms with Crippen molar-refractivity contribution >= 4 is 11.3 Å². The fourth-order valence-electron chi connectivity index (χ4n) is 3.48. The zero-order valence-electron chi connectivity index (χ0n) is 13.7. The minimum atomic E-state index is 0.235. The molecular formula is C21H22N2S. The van der Waals surface area contributed by atoms with E-state index < -0.39 is 0 Å². The first-order valence-electron chi connectivity index (χ1n) is 8.68. The Morgan fingerprint density at radius 1 is 1.00 bits per heavy atom. The number of pyridine rings is 1. The average molecular weight is 334 g/mol. The van der Waals surface area contributed by atoms with E-state index in [1.807, 2.05) is 29.7 Å². The molecule has 0 aliphatic heterocycles. The maximum Gasteiger partial charge on any atom is 0.0674 e. The molecule has 122 valence electrons. The van der Waals surface area contributed by atoms with Gasteiger partial charge in [0.15, 0.2) is 0 Å². The van der Waals surface area contributed by atoms with Crippen molar-refractivity contribution in [2.24, 2.45) is 0 Å². The Labute approximate surface area is 147 Å². The van der Waals surface area contributed by atoms with Crippen LogP contribution in [0.2, 0.25) is 0 Å². The molecule has 1 aliphatic rings. The molecule has 0 unspecified atom stereocenters. The molecule has 0 radical (unpaired) electrons. The van der Waals surface area contributed by atoms with Crippen molar-refractivity contribution in [1.82, 2.24) is 10.3 Å². The number of nitrogens with one attached hydrogen (secondary N) is 1. The highest BCUT2D eigenvalue weighted by atomic mass is 32.1. The highest BCUT2D eigenvalue weighted by Crippen LogP contribution is 2.30. The Balaban J connectivity index is 1.61. The lowest BCUT2D eigenvalue weighted by atomic mass is 9.89. The van der Waals surface area contributed by atoms with Crippen molar-refractivity contribution in [1.29, 1.82) is 0 Å². The van der Waals surface area contributed by atoms with Crippen LogP contribution < -0.4 is 5.32 Å². The van der Waals surface area contributed by atoms with E-state index in [-0.39, 0.29) is 6.04 Å². The second-order valence-corrected chi connectivity index (χ2v) is 7.36. The number of benzene rings is 1. The van der Waals surface area contributed by atoms with E-state index in [1.54, 1.807) is 11.1 Å². The minimum Gasteiger partial charge on any atom is -0.300 e. The minimum absolute atomic E-state index is 0.235. The first-order valence-corrected chi connectivity index (χ1v) is 9.56. The molecule has 4 rings (SSSR count). The number of nitrogens with zero attached hydrogens (tertiary/aromatic N) is 1. The predicted octanol–water partition coefficient (Wildman–Crippen LogP) is 4.90. The summed E-state index contributed by atoms with van der Waals surface area (Å²) < 4.78 is 0. The van der Waals surface area contributed by atoms with Crippen molar-refractivity contribution < 1.29 is 0 Å². The number of aromatic nitrogens is 1. The Hall–Kier alpha value is -1.97. The number of hydrogen-bond donors (Lipinski definition) is 1. The third kappa shape index (κ3) is 3.42. The number of hydrogen-bond acceptors (Lipinski definition) is 3. The quantitative estimate of drug-likeness (QED) is 0.718. The fraction of sp³-hybridized carbons (Fsp3) is 0.286. The second-order valence-electron chi connectivity index (χ2n) is 6.39. The zero-order chi connectivity index (χ0) is 16.2. The Kier molecular flexibility index (Phi) is 4.72. The summed E-state index contributed by atoms with van der Waals surface area (Å²) in [5.74, 6) is 0. The van der Waals surface area contributed by atoms with E-state index in [2.05, 4.69) is 52.1 Å². The van der Waals surface area contributed by atoms with Gasteiger partial charge < -0.3 is 0 Å². The third-order valence-corrected chi connectivity index (χ3v) is 5.68. The summed E-state index contributed by atoms with van der Waals surface area (Å²) in [6.45, 7) is 0.778. The van der Waals surface area contributed by atoms with E-state index in [0.29, 0.717) is 0 Å². The normalized spacial score (nSPS) is 15.0. The van der Waals surface area contributed by atoms with Gasteiger partial charge in [-0.3, -0.25) is 10.3 Å². The molecule has 0 saturated carbocycles. The summed E-state index contributed by atoms with van der Waals surface area (Å²) in [6.07, 6.45) is 6.97. The molecule has 1 N–H and O–H groups in total. The summed E-state index contributed by atoms with van der Waals surface area (Å²) in [5, 5.41) is 5.87. The molecule has 3 heteroatoms. The molecule has 0 amide bonds. The summed E-state index contributed by atoms with van der Waals surface area (Å²) in [7, 11) is 0. The van der Waals surface area contributed by atoms with Crippen LogP contribution in [-0.4, -0.2) is 4.98 Å². The Morgan fingerprint density at radius 3 is 2.71 bits per heavy atom. The highest BCUT2D eigenvalue weighted by molar-refractivity contribution is 7.10. The van der Waals surface area contributed by atoms with Crippen LogP contribution in [0.3, 0.4) is 0 Å². The van der Waals surface area contributed by atoms with Crippen LogP contribution in [0.5, 0.6) is 0 Å². The van der Waals surface area contributed by atoms with Gasteiger partial charge >= 0.3 is 0 Å². The maximum absolute atomic E-state index is 4.44. The first kappa shape index (κ1) is 15.6. The molecular weight excluding hydrogens is 312 g/mol. The monoisotopic (exact) mass is 334 g/mol. The molecule has 0 spiro atoms. The topological polar surface area (TPSA) is 24.9 Å². The van der Waals surface area contributed by atoms with Crippen LogP contribution in [0.25, 0.3) is 0 Å². The lowest BCUT2D eigenvalue weighted by Crippen LogP contribution is -2.22. The van der Waals surface area contributed by atoms with Gasteiger partial charge in [-0.15, -0.1) is 11.3 Å². The molecule has 2 aromatic heterocycles. The first-order chi connectivity index (χ1) is 11.9. The molecule has 0 saturated heterocycles. The molecule has 0 bridgehead atoms.